The molecule has 2 aromatic heterocycles. The van der Waals surface area contributed by atoms with Crippen LogP contribution in [-0.2, 0) is 11.3 Å². The van der Waals surface area contributed by atoms with Crippen molar-refractivity contribution >= 4 is 34.9 Å². The number of ether oxygens (including phenoxy) is 1. The second-order valence-corrected chi connectivity index (χ2v) is 9.33. The van der Waals surface area contributed by atoms with Gasteiger partial charge in [-0.2, -0.15) is 4.37 Å². The van der Waals surface area contributed by atoms with Crippen molar-refractivity contribution in [1.82, 2.24) is 14.6 Å². The topological polar surface area (TPSA) is 154 Å². The average molecular weight is 500 g/mol. The molecule has 0 aliphatic rings. The first-order valence-electron chi connectivity index (χ1n) is 10.9. The van der Waals surface area contributed by atoms with Crippen LogP contribution in [0.2, 0.25) is 0 Å². The summed E-state index contributed by atoms with van der Waals surface area (Å²) in [5, 5.41) is 3.03. The van der Waals surface area contributed by atoms with Crippen LogP contribution in [0.3, 0.4) is 0 Å². The molecule has 0 fully saturated rings. The molecule has 0 bridgehead atoms. The van der Waals surface area contributed by atoms with Crippen molar-refractivity contribution in [2.24, 2.45) is 5.73 Å². The van der Waals surface area contributed by atoms with Crippen LogP contribution in [0.4, 0.5) is 5.69 Å². The lowest BCUT2D eigenvalue weighted by atomic mass is 9.98. The summed E-state index contributed by atoms with van der Waals surface area (Å²) in [5.41, 5.74) is 11.1. The predicted molar refractivity (Wildman–Crippen MR) is 132 cm³/mol. The lowest BCUT2D eigenvalue weighted by molar-refractivity contribution is -0.127. The molecule has 5 N–H and O–H groups in total. The van der Waals surface area contributed by atoms with Crippen LogP contribution >= 0.6 is 11.5 Å². The van der Waals surface area contributed by atoms with E-state index in [0.29, 0.717) is 23.5 Å². The number of carbonyl (C=O) groups is 3. The zero-order valence-electron chi connectivity index (χ0n) is 20.0. The maximum atomic E-state index is 13.8. The minimum atomic E-state index is -1.05. The van der Waals surface area contributed by atoms with Crippen molar-refractivity contribution in [1.29, 1.82) is 0 Å². The standard InChI is InChI=1S/C24H29N5O5S/c1-5-24(2,3)27-22(31)19(14-8-10-15(33-4)11-9-14)29(13-16-7-6-12-34-16)23(32)20-17(25)18(21(26)30)28-35-20/h6-12,19H,5,13,25H2,1-4H3,(H2,26,30)(H,27,31)/t19-/m0/s1. The molecule has 3 aromatic rings. The summed E-state index contributed by atoms with van der Waals surface area (Å²) in [6.07, 6.45) is 2.15. The number of amides is 3. The normalized spacial score (nSPS) is 12.1. The molecule has 0 unspecified atom stereocenters. The Balaban J connectivity index is 2.13. The highest BCUT2D eigenvalue weighted by molar-refractivity contribution is 7.09. The molecule has 10 nitrogen and oxygen atoms in total. The number of primary amides is 1. The van der Waals surface area contributed by atoms with Crippen molar-refractivity contribution in [3.05, 3.63) is 64.6 Å². The van der Waals surface area contributed by atoms with Crippen LogP contribution in [0.1, 0.15) is 64.7 Å². The van der Waals surface area contributed by atoms with Gasteiger partial charge in [-0.15, -0.1) is 0 Å². The number of benzene rings is 1. The van der Waals surface area contributed by atoms with E-state index in [2.05, 4.69) is 9.69 Å². The molecule has 3 rings (SSSR count). The fraction of sp³-hybridized carbons (Fsp3) is 0.333. The average Bonchev–Trinajstić information content (AvgIpc) is 3.48. The second-order valence-electron chi connectivity index (χ2n) is 8.55. The number of nitrogens with zero attached hydrogens (tertiary/aromatic N) is 2. The number of hydrogen-bond donors (Lipinski definition) is 3. The number of nitrogens with two attached hydrogens (primary N) is 2. The summed E-state index contributed by atoms with van der Waals surface area (Å²) in [4.78, 5) is 40.5. The highest BCUT2D eigenvalue weighted by Crippen LogP contribution is 2.31. The number of aromatic nitrogens is 1. The molecular weight excluding hydrogens is 470 g/mol. The fourth-order valence-electron chi connectivity index (χ4n) is 3.36. The molecule has 35 heavy (non-hydrogen) atoms. The van der Waals surface area contributed by atoms with Crippen molar-refractivity contribution in [2.75, 3.05) is 12.8 Å². The molecule has 0 aliphatic heterocycles. The molecule has 1 atom stereocenters. The van der Waals surface area contributed by atoms with E-state index in [1.807, 2.05) is 20.8 Å². The Bertz CT molecular complexity index is 1190. The van der Waals surface area contributed by atoms with Gasteiger partial charge in [0.25, 0.3) is 11.8 Å². The van der Waals surface area contributed by atoms with Gasteiger partial charge in [-0.25, -0.2) is 0 Å². The molecule has 3 amide bonds. The second kappa shape index (κ2) is 10.6. The third-order valence-corrected chi connectivity index (χ3v) is 6.51. The summed E-state index contributed by atoms with van der Waals surface area (Å²) in [6, 6.07) is 9.19. The van der Waals surface area contributed by atoms with Gasteiger partial charge in [0.05, 0.1) is 25.6 Å². The Morgan fingerprint density at radius 2 is 1.91 bits per heavy atom. The minimum Gasteiger partial charge on any atom is -0.497 e. The maximum Gasteiger partial charge on any atom is 0.270 e. The molecule has 11 heteroatoms. The van der Waals surface area contributed by atoms with E-state index in [1.165, 1.54) is 11.2 Å². The van der Waals surface area contributed by atoms with Crippen molar-refractivity contribution in [3.8, 4) is 5.75 Å². The molecule has 0 spiro atoms. The first kappa shape index (κ1) is 25.8. The van der Waals surface area contributed by atoms with E-state index >= 15 is 0 Å². The molecule has 0 saturated heterocycles. The van der Waals surface area contributed by atoms with Gasteiger partial charge in [-0.05, 0) is 61.6 Å². The number of nitrogens with one attached hydrogen (secondary N) is 1. The molecule has 186 valence electrons. The number of methoxy groups -OCH3 is 1. The molecule has 0 saturated carbocycles. The minimum absolute atomic E-state index is 0.00594. The number of rotatable bonds is 10. The van der Waals surface area contributed by atoms with Gasteiger partial charge in [-0.1, -0.05) is 19.1 Å². The summed E-state index contributed by atoms with van der Waals surface area (Å²) in [6.45, 7) is 5.72. The van der Waals surface area contributed by atoms with Crippen LogP contribution in [0, 0.1) is 0 Å². The Labute approximate surface area is 207 Å². The van der Waals surface area contributed by atoms with E-state index in [-0.39, 0.29) is 28.7 Å². The monoisotopic (exact) mass is 499 g/mol. The molecule has 0 radical (unpaired) electrons. The van der Waals surface area contributed by atoms with Gasteiger partial charge in [0.15, 0.2) is 5.69 Å². The lowest BCUT2D eigenvalue weighted by Gasteiger charge is -2.34. The maximum absolute atomic E-state index is 13.8. The Hall–Kier alpha value is -3.86. The quantitative estimate of drug-likeness (QED) is 0.387. The van der Waals surface area contributed by atoms with Gasteiger partial charge in [-0.3, -0.25) is 14.4 Å². The van der Waals surface area contributed by atoms with E-state index in [1.54, 1.807) is 43.5 Å². The van der Waals surface area contributed by atoms with Gasteiger partial charge < -0.3 is 30.8 Å². The zero-order valence-corrected chi connectivity index (χ0v) is 20.8. The van der Waals surface area contributed by atoms with E-state index in [9.17, 15) is 14.4 Å². The summed E-state index contributed by atoms with van der Waals surface area (Å²) >= 11 is 0.752. The van der Waals surface area contributed by atoms with Crippen molar-refractivity contribution in [3.63, 3.8) is 0 Å². The first-order chi connectivity index (χ1) is 16.6. The Morgan fingerprint density at radius 3 is 2.43 bits per heavy atom. The van der Waals surface area contributed by atoms with Gasteiger partial charge in [0, 0.05) is 5.54 Å². The first-order valence-corrected chi connectivity index (χ1v) is 11.7. The third kappa shape index (κ3) is 5.80. The van der Waals surface area contributed by atoms with E-state index in [0.717, 1.165) is 11.5 Å². The largest absolute Gasteiger partial charge is 0.497 e. The molecular formula is C24H29N5O5S. The summed E-state index contributed by atoms with van der Waals surface area (Å²) in [7, 11) is 1.54. The number of furan rings is 1. The SMILES string of the molecule is CCC(C)(C)NC(=O)[C@H](c1ccc(OC)cc1)N(Cc1ccco1)C(=O)c1snc(C(N)=O)c1N. The van der Waals surface area contributed by atoms with Crippen LogP contribution in [0.5, 0.6) is 5.75 Å². The summed E-state index contributed by atoms with van der Waals surface area (Å²) in [5.74, 6) is -0.764. The number of nitrogen functional groups attached to an aromatic ring is 1. The van der Waals surface area contributed by atoms with Crippen molar-refractivity contribution in [2.45, 2.75) is 45.3 Å². The highest BCUT2D eigenvalue weighted by atomic mass is 32.1. The Kier molecular flexibility index (Phi) is 7.80. The van der Waals surface area contributed by atoms with Crippen molar-refractivity contribution < 1.29 is 23.5 Å². The number of anilines is 1. The van der Waals surface area contributed by atoms with Crippen LogP contribution in [-0.4, -0.2) is 39.6 Å². The molecule has 0 aliphatic carbocycles. The Morgan fingerprint density at radius 1 is 1.23 bits per heavy atom. The van der Waals surface area contributed by atoms with Crippen LogP contribution in [0.15, 0.2) is 47.1 Å². The summed E-state index contributed by atoms with van der Waals surface area (Å²) < 4.78 is 14.7. The van der Waals surface area contributed by atoms with Crippen LogP contribution < -0.4 is 21.5 Å². The smallest absolute Gasteiger partial charge is 0.270 e. The fourth-order valence-corrected chi connectivity index (χ4v) is 4.12. The lowest BCUT2D eigenvalue weighted by Crippen LogP contribution is -2.50. The highest BCUT2D eigenvalue weighted by Gasteiger charge is 2.37. The van der Waals surface area contributed by atoms with Crippen LogP contribution in [0.25, 0.3) is 0 Å². The number of hydrogen-bond acceptors (Lipinski definition) is 8. The van der Waals surface area contributed by atoms with Gasteiger partial charge in [0.2, 0.25) is 5.91 Å². The zero-order chi connectivity index (χ0) is 25.8. The third-order valence-electron chi connectivity index (χ3n) is 5.66. The molecule has 1 aromatic carbocycles. The van der Waals surface area contributed by atoms with Gasteiger partial charge >= 0.3 is 0 Å². The number of carbonyl (C=O) groups excluding carboxylic acids is 3. The molecule has 2 heterocycles. The van der Waals surface area contributed by atoms with E-state index < -0.39 is 23.4 Å². The van der Waals surface area contributed by atoms with E-state index in [4.69, 9.17) is 20.6 Å². The van der Waals surface area contributed by atoms with Gasteiger partial charge in [0.1, 0.15) is 22.4 Å². The predicted octanol–water partition coefficient (Wildman–Crippen LogP) is 3.11.